The highest BCUT2D eigenvalue weighted by molar-refractivity contribution is 6.08. The van der Waals surface area contributed by atoms with Crippen LogP contribution in [0.25, 0.3) is 0 Å². The number of carboxylic acids is 1. The molecule has 2 aromatic rings. The molecule has 5 heteroatoms. The first-order chi connectivity index (χ1) is 9.58. The van der Waals surface area contributed by atoms with Crippen molar-refractivity contribution in [2.75, 3.05) is 0 Å². The smallest absolute Gasteiger partial charge is 0.371 e. The Morgan fingerprint density at radius 2 is 1.80 bits per heavy atom. The molecular formula is C15H13NO4. The number of carboxylic acid groups (broad SMARTS) is 1. The summed E-state index contributed by atoms with van der Waals surface area (Å²) in [5.74, 6) is -3.04. The summed E-state index contributed by atoms with van der Waals surface area (Å²) < 4.78 is 0. The van der Waals surface area contributed by atoms with E-state index in [0.717, 1.165) is 11.1 Å². The van der Waals surface area contributed by atoms with Gasteiger partial charge in [0, 0.05) is 24.0 Å². The molecule has 3 N–H and O–H groups in total. The van der Waals surface area contributed by atoms with Crippen LogP contribution < -0.4 is 0 Å². The second-order valence-electron chi connectivity index (χ2n) is 4.26. The number of allylic oxidation sites excluding steroid dienone is 1. The van der Waals surface area contributed by atoms with Gasteiger partial charge in [0.2, 0.25) is 5.76 Å². The summed E-state index contributed by atoms with van der Waals surface area (Å²) in [7, 11) is 0. The first-order valence-corrected chi connectivity index (χ1v) is 5.96. The lowest BCUT2D eigenvalue weighted by atomic mass is 10.0. The second kappa shape index (κ2) is 5.88. The highest BCUT2D eigenvalue weighted by Gasteiger charge is 2.14. The Kier molecular flexibility index (Phi) is 4.00. The Balaban J connectivity index is 2.23. The molecule has 1 aromatic carbocycles. The highest BCUT2D eigenvalue weighted by Crippen LogP contribution is 2.15. The van der Waals surface area contributed by atoms with Gasteiger partial charge in [-0.25, -0.2) is 4.79 Å². The lowest BCUT2D eigenvalue weighted by Crippen LogP contribution is -2.05. The van der Waals surface area contributed by atoms with Crippen molar-refractivity contribution in [1.82, 2.24) is 4.98 Å². The molecule has 0 radical (unpaired) electrons. The predicted octanol–water partition coefficient (Wildman–Crippen LogP) is 2.31. The Hall–Kier alpha value is -2.82. The van der Waals surface area contributed by atoms with Crippen molar-refractivity contribution in [2.45, 2.75) is 6.42 Å². The van der Waals surface area contributed by atoms with Crippen molar-refractivity contribution in [3.05, 3.63) is 71.3 Å². The molecule has 0 fully saturated rings. The monoisotopic (exact) mass is 271 g/mol. The molecule has 0 saturated carbocycles. The van der Waals surface area contributed by atoms with Gasteiger partial charge in [0.25, 0.3) is 0 Å². The van der Waals surface area contributed by atoms with Crippen LogP contribution in [-0.2, 0) is 11.2 Å². The third-order valence-corrected chi connectivity index (χ3v) is 2.82. The molecule has 0 aliphatic heterocycles. The largest absolute Gasteiger partial charge is 0.502 e. The third-order valence-electron chi connectivity index (χ3n) is 2.82. The highest BCUT2D eigenvalue weighted by atomic mass is 16.4. The van der Waals surface area contributed by atoms with Crippen molar-refractivity contribution < 1.29 is 19.8 Å². The Morgan fingerprint density at radius 1 is 1.10 bits per heavy atom. The van der Waals surface area contributed by atoms with Gasteiger partial charge < -0.3 is 15.2 Å². The van der Waals surface area contributed by atoms with Gasteiger partial charge in [-0.3, -0.25) is 4.79 Å². The molecule has 1 heterocycles. The minimum Gasteiger partial charge on any atom is -0.502 e. The molecule has 2 rings (SSSR count). The number of nitrogens with one attached hydrogen (secondary N) is 1. The fraction of sp³-hybridized carbons (Fsp3) is 0.0667. The summed E-state index contributed by atoms with van der Waals surface area (Å²) in [6, 6.07) is 9.58. The maximum absolute atomic E-state index is 11.9. The van der Waals surface area contributed by atoms with E-state index in [1.807, 2.05) is 30.3 Å². The summed E-state index contributed by atoms with van der Waals surface area (Å²) in [5, 5.41) is 17.7. The Morgan fingerprint density at radius 3 is 2.45 bits per heavy atom. The molecule has 0 bridgehead atoms. The number of aliphatic hydroxyl groups excluding tert-OH is 1. The topological polar surface area (TPSA) is 90.4 Å². The molecule has 1 aromatic heterocycles. The number of aromatic amines is 1. The number of hydrogen-bond donors (Lipinski definition) is 3. The van der Waals surface area contributed by atoms with Crippen molar-refractivity contribution in [3.8, 4) is 0 Å². The van der Waals surface area contributed by atoms with Crippen LogP contribution in [0.2, 0.25) is 0 Å². The molecule has 0 aliphatic carbocycles. The zero-order valence-corrected chi connectivity index (χ0v) is 10.5. The molecule has 0 unspecified atom stereocenters. The number of rotatable bonds is 5. The van der Waals surface area contributed by atoms with Crippen LogP contribution in [0.1, 0.15) is 21.5 Å². The number of carbonyl (C=O) groups excluding carboxylic acids is 1. The van der Waals surface area contributed by atoms with Gasteiger partial charge in [0.1, 0.15) is 0 Å². The SMILES string of the molecule is O=C(O)C(O)=CC(=O)c1c[nH]cc1Cc1ccccc1. The van der Waals surface area contributed by atoms with Gasteiger partial charge in [-0.05, 0) is 17.5 Å². The first kappa shape index (κ1) is 13.6. The lowest BCUT2D eigenvalue weighted by molar-refractivity contribution is -0.135. The zero-order valence-electron chi connectivity index (χ0n) is 10.5. The average molecular weight is 271 g/mol. The maximum Gasteiger partial charge on any atom is 0.371 e. The fourth-order valence-electron chi connectivity index (χ4n) is 1.85. The van der Waals surface area contributed by atoms with Crippen LogP contribution in [0.3, 0.4) is 0 Å². The van der Waals surface area contributed by atoms with E-state index < -0.39 is 17.5 Å². The molecule has 5 nitrogen and oxygen atoms in total. The van der Waals surface area contributed by atoms with Gasteiger partial charge in [0.15, 0.2) is 5.78 Å². The summed E-state index contributed by atoms with van der Waals surface area (Å²) in [6.45, 7) is 0. The minimum atomic E-state index is -1.53. The van der Waals surface area contributed by atoms with Gasteiger partial charge in [-0.2, -0.15) is 0 Å². The average Bonchev–Trinajstić information content (AvgIpc) is 2.88. The third kappa shape index (κ3) is 3.14. The quantitative estimate of drug-likeness (QED) is 0.442. The molecule has 0 spiro atoms. The molecule has 0 atom stereocenters. The van der Waals surface area contributed by atoms with Crippen LogP contribution >= 0.6 is 0 Å². The number of carbonyl (C=O) groups is 2. The van der Waals surface area contributed by atoms with E-state index in [-0.39, 0.29) is 0 Å². The Labute approximate surface area is 115 Å². The van der Waals surface area contributed by atoms with E-state index in [9.17, 15) is 9.59 Å². The molecule has 0 aliphatic rings. The van der Waals surface area contributed by atoms with Crippen molar-refractivity contribution in [3.63, 3.8) is 0 Å². The number of ketones is 1. The summed E-state index contributed by atoms with van der Waals surface area (Å²) >= 11 is 0. The van der Waals surface area contributed by atoms with Crippen molar-refractivity contribution in [2.24, 2.45) is 0 Å². The normalized spacial score (nSPS) is 11.3. The van der Waals surface area contributed by atoms with E-state index in [1.165, 1.54) is 6.20 Å². The number of aromatic nitrogens is 1. The fourth-order valence-corrected chi connectivity index (χ4v) is 1.85. The molecule has 0 saturated heterocycles. The van der Waals surface area contributed by atoms with Gasteiger partial charge >= 0.3 is 5.97 Å². The first-order valence-electron chi connectivity index (χ1n) is 5.96. The van der Waals surface area contributed by atoms with Crippen LogP contribution in [0.15, 0.2) is 54.6 Å². The zero-order chi connectivity index (χ0) is 14.5. The minimum absolute atomic E-state index is 0.349. The van der Waals surface area contributed by atoms with Crippen molar-refractivity contribution in [1.29, 1.82) is 0 Å². The second-order valence-corrected chi connectivity index (χ2v) is 4.26. The van der Waals surface area contributed by atoms with E-state index in [2.05, 4.69) is 4.98 Å². The van der Waals surface area contributed by atoms with Crippen LogP contribution in [0.5, 0.6) is 0 Å². The number of aliphatic carboxylic acids is 1. The molecule has 102 valence electrons. The summed E-state index contributed by atoms with van der Waals surface area (Å²) in [6.07, 6.45) is 4.44. The van der Waals surface area contributed by atoms with Crippen LogP contribution in [-0.4, -0.2) is 26.9 Å². The predicted molar refractivity (Wildman–Crippen MR) is 72.7 cm³/mol. The Bertz CT molecular complexity index is 656. The van der Waals surface area contributed by atoms with Crippen LogP contribution in [0, 0.1) is 0 Å². The van der Waals surface area contributed by atoms with Gasteiger partial charge in [-0.1, -0.05) is 30.3 Å². The summed E-state index contributed by atoms with van der Waals surface area (Å²) in [5.41, 5.74) is 2.13. The summed E-state index contributed by atoms with van der Waals surface area (Å²) in [4.78, 5) is 25.2. The number of aliphatic hydroxyl groups is 1. The van der Waals surface area contributed by atoms with Crippen LogP contribution in [0.4, 0.5) is 0 Å². The molecule has 20 heavy (non-hydrogen) atoms. The molecule has 0 amide bonds. The van der Waals surface area contributed by atoms with Gasteiger partial charge in [0.05, 0.1) is 0 Å². The van der Waals surface area contributed by atoms with E-state index in [1.54, 1.807) is 6.20 Å². The number of benzene rings is 1. The van der Waals surface area contributed by atoms with E-state index in [4.69, 9.17) is 10.2 Å². The van der Waals surface area contributed by atoms with E-state index >= 15 is 0 Å². The standard InChI is InChI=1S/C15H13NO4/c17-13(7-14(18)15(19)20)12-9-16-8-11(12)6-10-4-2-1-3-5-10/h1-5,7-9,16,18H,6H2,(H,19,20). The number of H-pyrrole nitrogens is 1. The number of hydrogen-bond acceptors (Lipinski definition) is 3. The van der Waals surface area contributed by atoms with Gasteiger partial charge in [-0.15, -0.1) is 0 Å². The van der Waals surface area contributed by atoms with E-state index in [0.29, 0.717) is 18.1 Å². The molecular weight excluding hydrogens is 258 g/mol. The maximum atomic E-state index is 11.9. The van der Waals surface area contributed by atoms with Crippen molar-refractivity contribution >= 4 is 11.8 Å². The lowest BCUT2D eigenvalue weighted by Gasteiger charge is -2.01.